The molecule has 0 fully saturated rings. The number of aliphatic hydroxyl groups is 1. The van der Waals surface area contributed by atoms with E-state index < -0.39 is 24.5 Å². The third kappa shape index (κ3) is 4.24. The highest BCUT2D eigenvalue weighted by Gasteiger charge is 2.18. The van der Waals surface area contributed by atoms with Gasteiger partial charge in [-0.15, -0.1) is 0 Å². The molecule has 0 aromatic heterocycles. The second kappa shape index (κ2) is 6.00. The van der Waals surface area contributed by atoms with Gasteiger partial charge in [0.2, 0.25) is 5.91 Å². The van der Waals surface area contributed by atoms with Gasteiger partial charge in [0.1, 0.15) is 6.04 Å². The average molecular weight is 237 g/mol. The molecule has 17 heavy (non-hydrogen) atoms. The Hall–Kier alpha value is -1.88. The van der Waals surface area contributed by atoms with Gasteiger partial charge in [-0.1, -0.05) is 29.8 Å². The molecule has 1 amide bonds. The summed E-state index contributed by atoms with van der Waals surface area (Å²) in [6, 6.07) is 6.13. The minimum absolute atomic E-state index is 0.101. The maximum atomic E-state index is 11.5. The van der Waals surface area contributed by atoms with Crippen LogP contribution in [0.3, 0.4) is 0 Å². The standard InChI is InChI=1S/C12H15NO4/c1-8-2-4-9(5-3-8)6-11(15)13-10(7-14)12(16)17/h2-5,10,14H,6-7H2,1H3,(H,13,15)(H,16,17)/t10-/m1/s1. The number of carboxylic acid groups (broad SMARTS) is 1. The van der Waals surface area contributed by atoms with Crippen molar-refractivity contribution in [3.05, 3.63) is 35.4 Å². The fourth-order valence-corrected chi connectivity index (χ4v) is 1.32. The van der Waals surface area contributed by atoms with E-state index in [0.717, 1.165) is 11.1 Å². The number of aliphatic hydroxyl groups excluding tert-OH is 1. The number of nitrogens with one attached hydrogen (secondary N) is 1. The van der Waals surface area contributed by atoms with Crippen LogP contribution in [0.15, 0.2) is 24.3 Å². The van der Waals surface area contributed by atoms with Gasteiger partial charge in [0.25, 0.3) is 0 Å². The monoisotopic (exact) mass is 237 g/mol. The number of hydrogen-bond donors (Lipinski definition) is 3. The fourth-order valence-electron chi connectivity index (χ4n) is 1.32. The highest BCUT2D eigenvalue weighted by Crippen LogP contribution is 2.03. The van der Waals surface area contributed by atoms with Crippen LogP contribution in [0.1, 0.15) is 11.1 Å². The van der Waals surface area contributed by atoms with Crippen molar-refractivity contribution in [3.8, 4) is 0 Å². The molecule has 5 heteroatoms. The van der Waals surface area contributed by atoms with Crippen molar-refractivity contribution in [1.82, 2.24) is 5.32 Å². The van der Waals surface area contributed by atoms with Crippen LogP contribution in [0.4, 0.5) is 0 Å². The number of aliphatic carboxylic acids is 1. The molecule has 92 valence electrons. The molecule has 0 aliphatic heterocycles. The highest BCUT2D eigenvalue weighted by molar-refractivity contribution is 5.84. The molecule has 1 atom stereocenters. The maximum absolute atomic E-state index is 11.5. The third-order valence-corrected chi connectivity index (χ3v) is 2.30. The van der Waals surface area contributed by atoms with E-state index in [2.05, 4.69) is 5.32 Å². The second-order valence-corrected chi connectivity index (χ2v) is 3.80. The van der Waals surface area contributed by atoms with Gasteiger partial charge in [0.05, 0.1) is 13.0 Å². The predicted octanol–water partition coefficient (Wildman–Crippen LogP) is 0.0992. The van der Waals surface area contributed by atoms with Gasteiger partial charge in [-0.3, -0.25) is 4.79 Å². The topological polar surface area (TPSA) is 86.6 Å². The van der Waals surface area contributed by atoms with E-state index in [9.17, 15) is 9.59 Å². The molecule has 0 saturated carbocycles. The SMILES string of the molecule is Cc1ccc(CC(=O)N[C@H](CO)C(=O)O)cc1. The van der Waals surface area contributed by atoms with E-state index in [1.165, 1.54) is 0 Å². The molecule has 1 aromatic rings. The van der Waals surface area contributed by atoms with Gasteiger partial charge in [-0.25, -0.2) is 4.79 Å². The van der Waals surface area contributed by atoms with Crippen LogP contribution in [-0.2, 0) is 16.0 Å². The summed E-state index contributed by atoms with van der Waals surface area (Å²) in [5.41, 5.74) is 1.89. The lowest BCUT2D eigenvalue weighted by Crippen LogP contribution is -2.43. The quantitative estimate of drug-likeness (QED) is 0.678. The van der Waals surface area contributed by atoms with Crippen LogP contribution >= 0.6 is 0 Å². The summed E-state index contributed by atoms with van der Waals surface area (Å²) in [7, 11) is 0. The molecule has 0 aliphatic rings. The van der Waals surface area contributed by atoms with Crippen molar-refractivity contribution in [2.45, 2.75) is 19.4 Å². The molecule has 5 nitrogen and oxygen atoms in total. The fraction of sp³-hybridized carbons (Fsp3) is 0.333. The lowest BCUT2D eigenvalue weighted by molar-refractivity contribution is -0.142. The molecule has 1 rings (SSSR count). The minimum Gasteiger partial charge on any atom is -0.480 e. The summed E-state index contributed by atoms with van der Waals surface area (Å²) in [6.45, 7) is 1.32. The van der Waals surface area contributed by atoms with Gasteiger partial charge < -0.3 is 15.5 Å². The molecule has 0 heterocycles. The Morgan fingerprint density at radius 2 is 1.88 bits per heavy atom. The number of hydrogen-bond acceptors (Lipinski definition) is 3. The first-order valence-corrected chi connectivity index (χ1v) is 5.21. The van der Waals surface area contributed by atoms with E-state index in [-0.39, 0.29) is 6.42 Å². The second-order valence-electron chi connectivity index (χ2n) is 3.80. The van der Waals surface area contributed by atoms with E-state index in [0.29, 0.717) is 0 Å². The van der Waals surface area contributed by atoms with Crippen LogP contribution in [-0.4, -0.2) is 34.7 Å². The first-order chi connectivity index (χ1) is 8.02. The summed E-state index contributed by atoms with van der Waals surface area (Å²) in [4.78, 5) is 22.1. The number of aryl methyl sites for hydroxylation is 1. The maximum Gasteiger partial charge on any atom is 0.328 e. The normalized spacial score (nSPS) is 11.9. The zero-order valence-electron chi connectivity index (χ0n) is 9.51. The van der Waals surface area contributed by atoms with E-state index >= 15 is 0 Å². The Morgan fingerprint density at radius 1 is 1.29 bits per heavy atom. The van der Waals surface area contributed by atoms with E-state index in [1.807, 2.05) is 31.2 Å². The largest absolute Gasteiger partial charge is 0.480 e. The van der Waals surface area contributed by atoms with Crippen molar-refractivity contribution in [3.63, 3.8) is 0 Å². The summed E-state index contributed by atoms with van der Waals surface area (Å²) in [5.74, 6) is -1.67. The molecule has 1 aromatic carbocycles. The lowest BCUT2D eigenvalue weighted by Gasteiger charge is -2.11. The molecule has 0 bridgehead atoms. The smallest absolute Gasteiger partial charge is 0.328 e. The van der Waals surface area contributed by atoms with Crippen molar-refractivity contribution < 1.29 is 19.8 Å². The number of rotatable bonds is 5. The Balaban J connectivity index is 2.54. The molecule has 0 saturated heterocycles. The van der Waals surface area contributed by atoms with Crippen LogP contribution < -0.4 is 5.32 Å². The minimum atomic E-state index is -1.25. The van der Waals surface area contributed by atoms with Crippen molar-refractivity contribution in [1.29, 1.82) is 0 Å². The van der Waals surface area contributed by atoms with Gasteiger partial charge in [-0.05, 0) is 12.5 Å². The Labute approximate surface area is 99.1 Å². The highest BCUT2D eigenvalue weighted by atomic mass is 16.4. The number of benzene rings is 1. The number of carbonyl (C=O) groups is 2. The zero-order valence-corrected chi connectivity index (χ0v) is 9.51. The molecular formula is C12H15NO4. The van der Waals surface area contributed by atoms with Gasteiger partial charge in [-0.2, -0.15) is 0 Å². The van der Waals surface area contributed by atoms with Crippen LogP contribution in [0.2, 0.25) is 0 Å². The summed E-state index contributed by atoms with van der Waals surface area (Å²) in [6.07, 6.45) is 0.101. The van der Waals surface area contributed by atoms with E-state index in [4.69, 9.17) is 10.2 Å². The molecule has 0 radical (unpaired) electrons. The first kappa shape index (κ1) is 13.2. The van der Waals surface area contributed by atoms with Crippen molar-refractivity contribution >= 4 is 11.9 Å². The van der Waals surface area contributed by atoms with Crippen molar-refractivity contribution in [2.75, 3.05) is 6.61 Å². The summed E-state index contributed by atoms with van der Waals surface area (Å²) in [5, 5.41) is 19.6. The van der Waals surface area contributed by atoms with Crippen LogP contribution in [0.5, 0.6) is 0 Å². The number of amides is 1. The van der Waals surface area contributed by atoms with Crippen LogP contribution in [0, 0.1) is 6.92 Å². The zero-order chi connectivity index (χ0) is 12.8. The molecule has 0 aliphatic carbocycles. The molecule has 0 spiro atoms. The Bertz CT molecular complexity index is 399. The predicted molar refractivity (Wildman–Crippen MR) is 61.5 cm³/mol. The molecule has 0 unspecified atom stereocenters. The van der Waals surface area contributed by atoms with Gasteiger partial charge in [0, 0.05) is 0 Å². The summed E-state index contributed by atoms with van der Waals surface area (Å²) < 4.78 is 0. The summed E-state index contributed by atoms with van der Waals surface area (Å²) >= 11 is 0. The average Bonchev–Trinajstić information content (AvgIpc) is 2.28. The van der Waals surface area contributed by atoms with Crippen LogP contribution in [0.25, 0.3) is 0 Å². The number of carboxylic acids is 1. The van der Waals surface area contributed by atoms with Crippen molar-refractivity contribution in [2.24, 2.45) is 0 Å². The van der Waals surface area contributed by atoms with Gasteiger partial charge >= 0.3 is 5.97 Å². The third-order valence-electron chi connectivity index (χ3n) is 2.30. The van der Waals surface area contributed by atoms with Gasteiger partial charge in [0.15, 0.2) is 0 Å². The lowest BCUT2D eigenvalue weighted by atomic mass is 10.1. The Kier molecular flexibility index (Phi) is 4.66. The first-order valence-electron chi connectivity index (χ1n) is 5.21. The number of carbonyl (C=O) groups excluding carboxylic acids is 1. The Morgan fingerprint density at radius 3 is 2.35 bits per heavy atom. The molecule has 3 N–H and O–H groups in total. The van der Waals surface area contributed by atoms with E-state index in [1.54, 1.807) is 0 Å². The molecular weight excluding hydrogens is 222 g/mol.